The number of halogens is 2. The number of amides is 1. The number of carbonyl (C=O) groups excluding carboxylic acids is 1. The summed E-state index contributed by atoms with van der Waals surface area (Å²) in [5.41, 5.74) is 6.22. The SMILES string of the molecule is CC[C@@H](N[C@@H](C)CC(=O)NC1CC(N)C1)c1ccc(Cl)c(Oc2ccccc2)c1F. The van der Waals surface area contributed by atoms with Crippen LogP contribution in [0.2, 0.25) is 5.02 Å². The fourth-order valence-corrected chi connectivity index (χ4v) is 3.88. The second-order valence-corrected chi connectivity index (χ2v) is 8.33. The molecule has 1 amide bonds. The van der Waals surface area contributed by atoms with Crippen molar-refractivity contribution < 1.29 is 13.9 Å². The molecule has 0 unspecified atom stereocenters. The number of benzene rings is 2. The molecule has 0 saturated heterocycles. The lowest BCUT2D eigenvalue weighted by molar-refractivity contribution is -0.122. The number of nitrogens with two attached hydrogens (primary N) is 1. The van der Waals surface area contributed by atoms with Gasteiger partial charge < -0.3 is 21.1 Å². The van der Waals surface area contributed by atoms with Crippen molar-refractivity contribution in [1.82, 2.24) is 10.6 Å². The van der Waals surface area contributed by atoms with Gasteiger partial charge in [-0.2, -0.15) is 0 Å². The highest BCUT2D eigenvalue weighted by atomic mass is 35.5. The molecule has 30 heavy (non-hydrogen) atoms. The molecule has 0 aliphatic heterocycles. The topological polar surface area (TPSA) is 76.4 Å². The Kier molecular flexibility index (Phi) is 7.69. The van der Waals surface area contributed by atoms with Crippen molar-refractivity contribution in [2.45, 2.75) is 63.7 Å². The average Bonchev–Trinajstić information content (AvgIpc) is 2.69. The highest BCUT2D eigenvalue weighted by molar-refractivity contribution is 6.32. The first-order chi connectivity index (χ1) is 14.4. The summed E-state index contributed by atoms with van der Waals surface area (Å²) in [6.45, 7) is 3.88. The Morgan fingerprint density at radius 3 is 2.60 bits per heavy atom. The third-order valence-electron chi connectivity index (χ3n) is 5.34. The van der Waals surface area contributed by atoms with Crippen LogP contribution >= 0.6 is 11.6 Å². The van der Waals surface area contributed by atoms with Gasteiger partial charge in [0.25, 0.3) is 0 Å². The van der Waals surface area contributed by atoms with Crippen LogP contribution in [0.25, 0.3) is 0 Å². The van der Waals surface area contributed by atoms with Gasteiger partial charge in [-0.3, -0.25) is 4.79 Å². The smallest absolute Gasteiger partial charge is 0.221 e. The summed E-state index contributed by atoms with van der Waals surface area (Å²) in [7, 11) is 0. The van der Waals surface area contributed by atoms with E-state index in [0.717, 1.165) is 12.8 Å². The second kappa shape index (κ2) is 10.2. The molecule has 162 valence electrons. The van der Waals surface area contributed by atoms with E-state index >= 15 is 4.39 Å². The standard InChI is InChI=1S/C23H29ClFN3O2/c1-3-20(27-14(2)11-21(29)28-16-12-15(26)13-16)18-9-10-19(24)23(22(18)25)30-17-7-5-4-6-8-17/h4-10,14-16,20,27H,3,11-13,26H2,1-2H3,(H,28,29)/t14-,15?,16?,20+/m0/s1. The van der Waals surface area contributed by atoms with E-state index in [9.17, 15) is 4.79 Å². The van der Waals surface area contributed by atoms with Crippen molar-refractivity contribution in [1.29, 1.82) is 0 Å². The van der Waals surface area contributed by atoms with Crippen LogP contribution < -0.4 is 21.1 Å². The molecule has 5 nitrogen and oxygen atoms in total. The maximum absolute atomic E-state index is 15.3. The molecule has 2 aromatic carbocycles. The third kappa shape index (κ3) is 5.72. The van der Waals surface area contributed by atoms with Gasteiger partial charge in [0.05, 0.1) is 5.02 Å². The van der Waals surface area contributed by atoms with E-state index in [1.165, 1.54) is 0 Å². The Balaban J connectivity index is 1.66. The number of hydrogen-bond donors (Lipinski definition) is 3. The molecule has 1 saturated carbocycles. The first-order valence-electron chi connectivity index (χ1n) is 10.4. The fraction of sp³-hybridized carbons (Fsp3) is 0.435. The summed E-state index contributed by atoms with van der Waals surface area (Å²) in [6.07, 6.45) is 2.61. The number of ether oxygens (including phenoxy) is 1. The lowest BCUT2D eigenvalue weighted by Gasteiger charge is -2.33. The van der Waals surface area contributed by atoms with E-state index in [0.29, 0.717) is 24.2 Å². The van der Waals surface area contributed by atoms with Gasteiger partial charge in [-0.25, -0.2) is 4.39 Å². The number of nitrogens with one attached hydrogen (secondary N) is 2. The molecule has 1 aliphatic rings. The third-order valence-corrected chi connectivity index (χ3v) is 5.64. The Hall–Kier alpha value is -2.15. The molecular formula is C23H29ClFN3O2. The zero-order valence-corrected chi connectivity index (χ0v) is 18.1. The predicted octanol–water partition coefficient (Wildman–Crippen LogP) is 4.70. The van der Waals surface area contributed by atoms with E-state index in [1.807, 2.05) is 32.0 Å². The molecule has 0 radical (unpaired) electrons. The zero-order valence-electron chi connectivity index (χ0n) is 17.3. The quantitative estimate of drug-likeness (QED) is 0.536. The molecule has 4 N–H and O–H groups in total. The van der Waals surface area contributed by atoms with Crippen molar-refractivity contribution in [2.75, 3.05) is 0 Å². The van der Waals surface area contributed by atoms with Crippen LogP contribution in [0, 0.1) is 5.82 Å². The molecule has 2 atom stereocenters. The Morgan fingerprint density at radius 2 is 1.97 bits per heavy atom. The first kappa shape index (κ1) is 22.5. The first-order valence-corrected chi connectivity index (χ1v) is 10.8. The van der Waals surface area contributed by atoms with Crippen LogP contribution in [-0.4, -0.2) is 24.0 Å². The van der Waals surface area contributed by atoms with Crippen LogP contribution in [-0.2, 0) is 4.79 Å². The lowest BCUT2D eigenvalue weighted by Crippen LogP contribution is -2.51. The normalized spacial score (nSPS) is 20.2. The molecule has 0 aromatic heterocycles. The molecule has 1 aliphatic carbocycles. The van der Waals surface area contributed by atoms with E-state index < -0.39 is 5.82 Å². The highest BCUT2D eigenvalue weighted by Gasteiger charge is 2.28. The maximum atomic E-state index is 15.3. The van der Waals surface area contributed by atoms with Crippen molar-refractivity contribution in [2.24, 2.45) is 5.73 Å². The van der Waals surface area contributed by atoms with Crippen LogP contribution in [0.4, 0.5) is 4.39 Å². The summed E-state index contributed by atoms with van der Waals surface area (Å²) >= 11 is 6.20. The molecule has 0 heterocycles. The maximum Gasteiger partial charge on any atom is 0.221 e. The Bertz CT molecular complexity index is 859. The monoisotopic (exact) mass is 433 g/mol. The minimum Gasteiger partial charge on any atom is -0.453 e. The largest absolute Gasteiger partial charge is 0.453 e. The summed E-state index contributed by atoms with van der Waals surface area (Å²) in [6, 6.07) is 12.2. The van der Waals surface area contributed by atoms with E-state index in [-0.39, 0.29) is 40.8 Å². The van der Waals surface area contributed by atoms with Crippen molar-refractivity contribution in [3.8, 4) is 11.5 Å². The van der Waals surface area contributed by atoms with Crippen LogP contribution in [0.15, 0.2) is 42.5 Å². The molecular weight excluding hydrogens is 405 g/mol. The second-order valence-electron chi connectivity index (χ2n) is 7.92. The fourth-order valence-electron chi connectivity index (χ4n) is 3.69. The van der Waals surface area contributed by atoms with Gasteiger partial charge in [0, 0.05) is 36.2 Å². The summed E-state index contributed by atoms with van der Waals surface area (Å²) < 4.78 is 21.0. The van der Waals surface area contributed by atoms with E-state index in [1.54, 1.807) is 24.3 Å². The van der Waals surface area contributed by atoms with Gasteiger partial charge in [-0.1, -0.05) is 42.8 Å². The van der Waals surface area contributed by atoms with Gasteiger partial charge in [0.2, 0.25) is 5.91 Å². The van der Waals surface area contributed by atoms with Crippen LogP contribution in [0.3, 0.4) is 0 Å². The van der Waals surface area contributed by atoms with E-state index in [4.69, 9.17) is 22.1 Å². The molecule has 0 spiro atoms. The average molecular weight is 434 g/mol. The lowest BCUT2D eigenvalue weighted by atomic mass is 9.87. The molecule has 0 bridgehead atoms. The van der Waals surface area contributed by atoms with Gasteiger partial charge in [0.15, 0.2) is 11.6 Å². The minimum absolute atomic E-state index is 0.00679. The van der Waals surface area contributed by atoms with Crippen molar-refractivity contribution >= 4 is 17.5 Å². The molecule has 1 fully saturated rings. The molecule has 2 aromatic rings. The summed E-state index contributed by atoms with van der Waals surface area (Å²) in [5.74, 6) is 0.00165. The number of para-hydroxylation sites is 1. The predicted molar refractivity (Wildman–Crippen MR) is 117 cm³/mol. The number of rotatable bonds is 9. The highest BCUT2D eigenvalue weighted by Crippen LogP contribution is 2.36. The van der Waals surface area contributed by atoms with Gasteiger partial charge >= 0.3 is 0 Å². The number of hydrogen-bond acceptors (Lipinski definition) is 4. The van der Waals surface area contributed by atoms with Gasteiger partial charge in [-0.15, -0.1) is 0 Å². The Labute approximate surface area is 182 Å². The van der Waals surface area contributed by atoms with Crippen LogP contribution in [0.1, 0.15) is 51.1 Å². The minimum atomic E-state index is -0.495. The Morgan fingerprint density at radius 1 is 1.27 bits per heavy atom. The zero-order chi connectivity index (χ0) is 21.7. The van der Waals surface area contributed by atoms with Crippen molar-refractivity contribution in [3.05, 3.63) is 58.9 Å². The van der Waals surface area contributed by atoms with Gasteiger partial charge in [-0.05, 0) is 44.4 Å². The molecule has 7 heteroatoms. The van der Waals surface area contributed by atoms with Crippen molar-refractivity contribution in [3.63, 3.8) is 0 Å². The molecule has 3 rings (SSSR count). The summed E-state index contributed by atoms with van der Waals surface area (Å²) in [5, 5.41) is 6.56. The van der Waals surface area contributed by atoms with Gasteiger partial charge in [0.1, 0.15) is 5.75 Å². The van der Waals surface area contributed by atoms with E-state index in [2.05, 4.69) is 10.6 Å². The van der Waals surface area contributed by atoms with Crippen LogP contribution in [0.5, 0.6) is 11.5 Å². The number of carbonyl (C=O) groups is 1. The summed E-state index contributed by atoms with van der Waals surface area (Å²) in [4.78, 5) is 12.2.